The summed E-state index contributed by atoms with van der Waals surface area (Å²) in [4.78, 5) is 33.1. The van der Waals surface area contributed by atoms with E-state index in [1.807, 2.05) is 0 Å². The normalized spacial score (nSPS) is 27.3. The van der Waals surface area contributed by atoms with E-state index in [1.165, 1.54) is 24.8 Å². The van der Waals surface area contributed by atoms with Gasteiger partial charge in [0.1, 0.15) is 5.75 Å². The largest absolute Gasteiger partial charge is 0.496 e. The van der Waals surface area contributed by atoms with E-state index in [0.717, 1.165) is 97.3 Å². The molecular formula is C39H50N4O5S. The average molecular weight is 687 g/mol. The summed E-state index contributed by atoms with van der Waals surface area (Å²) in [6, 6.07) is 6.58. The molecule has 3 fully saturated rings. The van der Waals surface area contributed by atoms with Gasteiger partial charge in [0.15, 0.2) is 0 Å². The summed E-state index contributed by atoms with van der Waals surface area (Å²) in [6.07, 6.45) is 14.5. The third-order valence-electron chi connectivity index (χ3n) is 12.4. The van der Waals surface area contributed by atoms with E-state index < -0.39 is 15.9 Å². The molecular weight excluding hydrogens is 637 g/mol. The van der Waals surface area contributed by atoms with Gasteiger partial charge in [-0.15, -0.1) is 0 Å². The number of rotatable bonds is 7. The van der Waals surface area contributed by atoms with Crippen molar-refractivity contribution in [3.05, 3.63) is 63.9 Å². The number of hydrogen-bond donors (Lipinski definition) is 1. The van der Waals surface area contributed by atoms with Gasteiger partial charge < -0.3 is 19.1 Å². The fraction of sp³-hybridized carbons (Fsp3) is 0.590. The molecule has 2 unspecified atom stereocenters. The number of nitrogens with zero attached hydrogens (tertiary/aromatic N) is 3. The van der Waals surface area contributed by atoms with Crippen LogP contribution in [0, 0.1) is 11.3 Å². The van der Waals surface area contributed by atoms with Gasteiger partial charge in [-0.25, -0.2) is 13.1 Å². The molecule has 3 aliphatic carbocycles. The molecule has 3 aliphatic heterocycles. The van der Waals surface area contributed by atoms with Gasteiger partial charge in [-0.2, -0.15) is 0 Å². The first-order valence-corrected chi connectivity index (χ1v) is 20.2. The van der Waals surface area contributed by atoms with E-state index in [4.69, 9.17) is 4.74 Å². The standard InChI is InChI=1S/C39H50N4O5S/c1-4-20-49(46,47)40-37(44)35-30-22-43-31(21-29-32(48-3)15-14-26(36(29)43)25-10-6-5-7-11-25)33-27(34(30)35)12-8-13-28(33)38(45)42-18-9-16-39(24-42)17-19-41(2)23-39/h8,12,14-15,21,25,28,33H,4-7,9-11,13,16-20,22-24H2,1-3H3,(H,40,44)/t28-,33?,39?/m1/s1. The maximum Gasteiger partial charge on any atom is 0.265 e. The predicted octanol–water partition coefficient (Wildman–Crippen LogP) is 5.78. The Balaban J connectivity index is 1.26. The molecule has 1 aromatic heterocycles. The van der Waals surface area contributed by atoms with E-state index >= 15 is 0 Å². The lowest BCUT2D eigenvalue weighted by Crippen LogP contribution is -2.50. The number of fused-ring (bicyclic) bond motifs is 6. The van der Waals surface area contributed by atoms with Crippen LogP contribution in [0.3, 0.4) is 0 Å². The Hall–Kier alpha value is -3.37. The monoisotopic (exact) mass is 686 g/mol. The minimum Gasteiger partial charge on any atom is -0.496 e. The molecule has 2 amide bonds. The van der Waals surface area contributed by atoms with E-state index in [2.05, 4.69) is 56.5 Å². The smallest absolute Gasteiger partial charge is 0.265 e. The van der Waals surface area contributed by atoms with E-state index in [9.17, 15) is 18.0 Å². The van der Waals surface area contributed by atoms with Crippen molar-refractivity contribution in [3.63, 3.8) is 0 Å². The second kappa shape index (κ2) is 12.4. The molecule has 10 heteroatoms. The Morgan fingerprint density at radius 2 is 1.88 bits per heavy atom. The van der Waals surface area contributed by atoms with Crippen LogP contribution < -0.4 is 9.46 Å². The zero-order chi connectivity index (χ0) is 34.1. The van der Waals surface area contributed by atoms with Crippen molar-refractivity contribution >= 4 is 32.7 Å². The van der Waals surface area contributed by atoms with Gasteiger partial charge in [-0.1, -0.05) is 44.4 Å². The molecule has 8 rings (SSSR count). The number of nitrogens with one attached hydrogen (secondary N) is 1. The van der Waals surface area contributed by atoms with Crippen LogP contribution in [0.1, 0.15) is 94.2 Å². The molecule has 49 heavy (non-hydrogen) atoms. The molecule has 1 spiro atoms. The molecule has 2 saturated heterocycles. The van der Waals surface area contributed by atoms with Crippen LogP contribution in [0.5, 0.6) is 5.75 Å². The second-order valence-electron chi connectivity index (χ2n) is 15.6. The maximum atomic E-state index is 14.8. The van der Waals surface area contributed by atoms with E-state index in [-0.39, 0.29) is 28.9 Å². The van der Waals surface area contributed by atoms with Crippen molar-refractivity contribution in [3.8, 4) is 5.75 Å². The molecule has 2 aromatic rings. The van der Waals surface area contributed by atoms with Crippen molar-refractivity contribution in [2.45, 2.75) is 89.5 Å². The highest BCUT2D eigenvalue weighted by molar-refractivity contribution is 7.90. The van der Waals surface area contributed by atoms with E-state index in [0.29, 0.717) is 30.9 Å². The highest BCUT2D eigenvalue weighted by Gasteiger charge is 2.49. The molecule has 1 N–H and O–H groups in total. The third kappa shape index (κ3) is 5.67. The molecule has 0 radical (unpaired) electrons. The first-order chi connectivity index (χ1) is 23.6. The fourth-order valence-corrected chi connectivity index (χ4v) is 11.2. The van der Waals surface area contributed by atoms with Crippen molar-refractivity contribution in [2.75, 3.05) is 46.1 Å². The SMILES string of the molecule is CCCS(=O)(=O)NC(=O)C1=C2Cn3c(cc4c(OC)ccc(C5CCCCC5)c43)C3C(=C21)C=CC[C@H]3C(=O)N1CCCC2(CCN(C)C2)C1. The van der Waals surface area contributed by atoms with Crippen LogP contribution in [0.25, 0.3) is 10.9 Å². The van der Waals surface area contributed by atoms with Crippen molar-refractivity contribution in [1.29, 1.82) is 0 Å². The number of likely N-dealkylation sites (tertiary alicyclic amines) is 2. The van der Waals surface area contributed by atoms with Gasteiger partial charge in [0.05, 0.1) is 29.9 Å². The third-order valence-corrected chi connectivity index (χ3v) is 13.8. The summed E-state index contributed by atoms with van der Waals surface area (Å²) >= 11 is 0. The quantitative estimate of drug-likeness (QED) is 0.397. The van der Waals surface area contributed by atoms with Gasteiger partial charge >= 0.3 is 0 Å². The lowest BCUT2D eigenvalue weighted by Gasteiger charge is -2.43. The summed E-state index contributed by atoms with van der Waals surface area (Å²) < 4.78 is 36.1. The Kier molecular flexibility index (Phi) is 8.33. The number of ether oxygens (including phenoxy) is 1. The van der Waals surface area contributed by atoms with Crippen LogP contribution >= 0.6 is 0 Å². The first-order valence-electron chi connectivity index (χ1n) is 18.5. The molecule has 0 bridgehead atoms. The van der Waals surface area contributed by atoms with Crippen LogP contribution in [-0.4, -0.2) is 80.7 Å². The Bertz CT molecular complexity index is 1910. The highest BCUT2D eigenvalue weighted by Crippen LogP contribution is 2.55. The number of benzene rings is 1. The molecule has 1 aromatic carbocycles. The van der Waals surface area contributed by atoms with E-state index in [1.54, 1.807) is 14.0 Å². The zero-order valence-corrected chi connectivity index (χ0v) is 30.0. The number of amides is 2. The lowest BCUT2D eigenvalue weighted by atomic mass is 9.74. The molecule has 3 atom stereocenters. The Labute approximate surface area is 290 Å². The zero-order valence-electron chi connectivity index (χ0n) is 29.2. The van der Waals surface area contributed by atoms with Gasteiger partial charge in [0.25, 0.3) is 5.91 Å². The molecule has 4 heterocycles. The summed E-state index contributed by atoms with van der Waals surface area (Å²) in [6.45, 7) is 5.93. The predicted molar refractivity (Wildman–Crippen MR) is 191 cm³/mol. The van der Waals surface area contributed by atoms with Gasteiger partial charge in [0.2, 0.25) is 15.9 Å². The Morgan fingerprint density at radius 3 is 2.61 bits per heavy atom. The van der Waals surface area contributed by atoms with Crippen molar-refractivity contribution in [1.82, 2.24) is 19.1 Å². The molecule has 6 aliphatic rings. The van der Waals surface area contributed by atoms with Crippen molar-refractivity contribution in [2.24, 2.45) is 11.3 Å². The average Bonchev–Trinajstić information content (AvgIpc) is 3.58. The number of carbonyl (C=O) groups excluding carboxylic acids is 2. The molecule has 1 saturated carbocycles. The van der Waals surface area contributed by atoms with Gasteiger partial charge in [0, 0.05) is 48.6 Å². The van der Waals surface area contributed by atoms with Crippen LogP contribution in [-0.2, 0) is 26.2 Å². The first kappa shape index (κ1) is 32.8. The van der Waals surface area contributed by atoms with Crippen LogP contribution in [0.2, 0.25) is 0 Å². The van der Waals surface area contributed by atoms with Crippen LogP contribution in [0.15, 0.2) is 52.6 Å². The minimum absolute atomic E-state index is 0.101. The van der Waals surface area contributed by atoms with Gasteiger partial charge in [-0.05, 0) is 98.9 Å². The number of methoxy groups -OCH3 is 1. The highest BCUT2D eigenvalue weighted by atomic mass is 32.2. The summed E-state index contributed by atoms with van der Waals surface area (Å²) in [5.41, 5.74) is 6.84. The summed E-state index contributed by atoms with van der Waals surface area (Å²) in [5.74, 6) is 0.204. The number of aromatic nitrogens is 1. The fourth-order valence-electron chi connectivity index (χ4n) is 10.1. The second-order valence-corrected chi connectivity index (χ2v) is 17.5. The number of allylic oxidation sites excluding steroid dienone is 4. The summed E-state index contributed by atoms with van der Waals surface area (Å²) in [5, 5.41) is 1.05. The lowest BCUT2D eigenvalue weighted by molar-refractivity contribution is -0.139. The van der Waals surface area contributed by atoms with Crippen LogP contribution in [0.4, 0.5) is 0 Å². The topological polar surface area (TPSA) is 101 Å². The minimum atomic E-state index is -3.75. The Morgan fingerprint density at radius 1 is 1.06 bits per heavy atom. The number of piperidine rings is 1. The number of hydrogen-bond acceptors (Lipinski definition) is 6. The number of sulfonamides is 1. The van der Waals surface area contributed by atoms with Crippen molar-refractivity contribution < 1.29 is 22.7 Å². The summed E-state index contributed by atoms with van der Waals surface area (Å²) in [7, 11) is 0.149. The number of carbonyl (C=O) groups is 2. The van der Waals surface area contributed by atoms with Gasteiger partial charge in [-0.3, -0.25) is 9.59 Å². The molecule has 262 valence electrons. The maximum absolute atomic E-state index is 14.8. The molecule has 9 nitrogen and oxygen atoms in total.